The molecule has 0 spiro atoms. The maximum absolute atomic E-state index is 6.15. The first-order valence-corrected chi connectivity index (χ1v) is 5.87. The molecule has 2 N–H and O–H groups in total. The van der Waals surface area contributed by atoms with Gasteiger partial charge in [-0.05, 0) is 31.9 Å². The van der Waals surface area contributed by atoms with Crippen molar-refractivity contribution >= 4 is 0 Å². The lowest BCUT2D eigenvalue weighted by Gasteiger charge is -2.06. The van der Waals surface area contributed by atoms with Crippen LogP contribution in [-0.4, -0.2) is 19.6 Å². The number of hydrogen-bond donors (Lipinski definition) is 1. The Kier molecular flexibility index (Phi) is 3.28. The Labute approximate surface area is 101 Å². The molecule has 0 aliphatic carbocycles. The van der Waals surface area contributed by atoms with E-state index < -0.39 is 0 Å². The summed E-state index contributed by atoms with van der Waals surface area (Å²) >= 11 is 0. The summed E-state index contributed by atoms with van der Waals surface area (Å²) in [6, 6.07) is 1.97. The molecule has 0 bridgehead atoms. The number of rotatable bonds is 4. The van der Waals surface area contributed by atoms with Crippen molar-refractivity contribution in [3.63, 3.8) is 0 Å². The second-order valence-electron chi connectivity index (χ2n) is 4.35. The Morgan fingerprint density at radius 1 is 1.47 bits per heavy atom. The molecule has 92 valence electrons. The van der Waals surface area contributed by atoms with Crippen LogP contribution in [0, 0.1) is 6.92 Å². The highest BCUT2D eigenvalue weighted by molar-refractivity contribution is 5.16. The molecule has 0 radical (unpaired) electrons. The molecule has 0 aliphatic rings. The minimum atomic E-state index is -0.0654. The molecule has 2 aromatic rings. The summed E-state index contributed by atoms with van der Waals surface area (Å²) in [5, 5.41) is 8.64. The van der Waals surface area contributed by atoms with Gasteiger partial charge in [-0.3, -0.25) is 9.36 Å². The van der Waals surface area contributed by atoms with Crippen molar-refractivity contribution in [1.29, 1.82) is 0 Å². The first-order valence-electron chi connectivity index (χ1n) is 5.87. The van der Waals surface area contributed by atoms with E-state index in [1.54, 1.807) is 0 Å². The topological polar surface area (TPSA) is 61.7 Å². The van der Waals surface area contributed by atoms with E-state index in [2.05, 4.69) is 17.1 Å². The average molecular weight is 233 g/mol. The second kappa shape index (κ2) is 4.71. The fraction of sp³-hybridized carbons (Fsp3) is 0.500. The summed E-state index contributed by atoms with van der Waals surface area (Å²) in [6.07, 6.45) is 4.69. The van der Waals surface area contributed by atoms with Gasteiger partial charge in [0.15, 0.2) is 0 Å². The zero-order valence-corrected chi connectivity index (χ0v) is 10.6. The van der Waals surface area contributed by atoms with Crippen LogP contribution in [0.25, 0.3) is 0 Å². The molecular weight excluding hydrogens is 214 g/mol. The first kappa shape index (κ1) is 11.9. The predicted octanol–water partition coefficient (Wildman–Crippen LogP) is 1.19. The van der Waals surface area contributed by atoms with Crippen molar-refractivity contribution < 1.29 is 0 Å². The van der Waals surface area contributed by atoms with E-state index in [4.69, 9.17) is 5.73 Å². The standard InChI is InChI=1S/C12H19N5/c1-4-17-8-10(7-14-17)6-11(13)12-5-9(2)16(3)15-12/h5,7-8,11H,4,6,13H2,1-3H3. The number of hydrogen-bond acceptors (Lipinski definition) is 3. The van der Waals surface area contributed by atoms with Crippen molar-refractivity contribution in [3.8, 4) is 0 Å². The largest absolute Gasteiger partial charge is 0.322 e. The van der Waals surface area contributed by atoms with E-state index >= 15 is 0 Å². The summed E-state index contributed by atoms with van der Waals surface area (Å²) in [5.41, 5.74) is 9.37. The molecule has 0 aromatic carbocycles. The highest BCUT2D eigenvalue weighted by atomic mass is 15.3. The molecule has 1 atom stereocenters. The molecule has 2 heterocycles. The number of nitrogens with two attached hydrogens (primary N) is 1. The van der Waals surface area contributed by atoms with E-state index in [1.165, 1.54) is 0 Å². The van der Waals surface area contributed by atoms with Gasteiger partial charge in [0.1, 0.15) is 0 Å². The van der Waals surface area contributed by atoms with Crippen LogP contribution in [0.5, 0.6) is 0 Å². The lowest BCUT2D eigenvalue weighted by atomic mass is 10.1. The maximum atomic E-state index is 6.15. The molecule has 0 fully saturated rings. The molecule has 0 aliphatic heterocycles. The normalized spacial score (nSPS) is 12.9. The van der Waals surface area contributed by atoms with Gasteiger partial charge < -0.3 is 5.73 Å². The smallest absolute Gasteiger partial charge is 0.0797 e. The van der Waals surface area contributed by atoms with Crippen molar-refractivity contribution in [2.45, 2.75) is 32.9 Å². The van der Waals surface area contributed by atoms with Crippen molar-refractivity contribution in [1.82, 2.24) is 19.6 Å². The van der Waals surface area contributed by atoms with E-state index in [0.29, 0.717) is 0 Å². The summed E-state index contributed by atoms with van der Waals surface area (Å²) < 4.78 is 3.76. The highest BCUT2D eigenvalue weighted by Gasteiger charge is 2.12. The second-order valence-corrected chi connectivity index (χ2v) is 4.35. The van der Waals surface area contributed by atoms with Gasteiger partial charge in [-0.2, -0.15) is 10.2 Å². The molecule has 2 rings (SSSR count). The van der Waals surface area contributed by atoms with E-state index in [0.717, 1.165) is 29.9 Å². The molecule has 0 saturated carbocycles. The minimum absolute atomic E-state index is 0.0654. The van der Waals surface area contributed by atoms with Gasteiger partial charge in [-0.15, -0.1) is 0 Å². The van der Waals surface area contributed by atoms with Crippen LogP contribution in [0.2, 0.25) is 0 Å². The molecule has 0 amide bonds. The molecule has 17 heavy (non-hydrogen) atoms. The molecule has 5 heteroatoms. The zero-order valence-electron chi connectivity index (χ0n) is 10.6. The molecule has 2 aromatic heterocycles. The fourth-order valence-corrected chi connectivity index (χ4v) is 1.81. The van der Waals surface area contributed by atoms with Gasteiger partial charge in [-0.1, -0.05) is 0 Å². The Morgan fingerprint density at radius 2 is 2.24 bits per heavy atom. The molecule has 1 unspecified atom stereocenters. The van der Waals surface area contributed by atoms with Crippen molar-refractivity contribution in [2.75, 3.05) is 0 Å². The van der Waals surface area contributed by atoms with Gasteiger partial charge in [0.2, 0.25) is 0 Å². The highest BCUT2D eigenvalue weighted by Crippen LogP contribution is 2.15. The Morgan fingerprint density at radius 3 is 2.76 bits per heavy atom. The Balaban J connectivity index is 2.08. The number of aryl methyl sites for hydroxylation is 3. The van der Waals surface area contributed by atoms with Crippen molar-refractivity contribution in [3.05, 3.63) is 35.4 Å². The van der Waals surface area contributed by atoms with E-state index in [9.17, 15) is 0 Å². The van der Waals surface area contributed by atoms with Crippen LogP contribution in [-0.2, 0) is 20.0 Å². The maximum Gasteiger partial charge on any atom is 0.0797 e. The van der Waals surface area contributed by atoms with E-state index in [1.807, 2.05) is 41.8 Å². The van der Waals surface area contributed by atoms with Crippen LogP contribution < -0.4 is 5.73 Å². The van der Waals surface area contributed by atoms with Crippen molar-refractivity contribution in [2.24, 2.45) is 12.8 Å². The first-order chi connectivity index (χ1) is 8.10. The summed E-state index contributed by atoms with van der Waals surface area (Å²) in [4.78, 5) is 0. The van der Waals surface area contributed by atoms with Crippen LogP contribution in [0.15, 0.2) is 18.5 Å². The zero-order chi connectivity index (χ0) is 12.4. The third-order valence-electron chi connectivity index (χ3n) is 2.98. The summed E-state index contributed by atoms with van der Waals surface area (Å²) in [7, 11) is 1.93. The summed E-state index contributed by atoms with van der Waals surface area (Å²) in [6.45, 7) is 4.98. The third kappa shape index (κ3) is 2.55. The minimum Gasteiger partial charge on any atom is -0.322 e. The lowest BCUT2D eigenvalue weighted by molar-refractivity contribution is 0.646. The third-order valence-corrected chi connectivity index (χ3v) is 2.98. The monoisotopic (exact) mass is 233 g/mol. The molecule has 5 nitrogen and oxygen atoms in total. The average Bonchev–Trinajstić information content (AvgIpc) is 2.87. The van der Waals surface area contributed by atoms with Crippen LogP contribution >= 0.6 is 0 Å². The van der Waals surface area contributed by atoms with Crippen LogP contribution in [0.1, 0.15) is 29.9 Å². The van der Waals surface area contributed by atoms with Gasteiger partial charge in [0, 0.05) is 25.5 Å². The Bertz CT molecular complexity index is 477. The lowest BCUT2D eigenvalue weighted by Crippen LogP contribution is -2.14. The Hall–Kier alpha value is -1.62. The van der Waals surface area contributed by atoms with Gasteiger partial charge in [-0.25, -0.2) is 0 Å². The number of aromatic nitrogens is 4. The predicted molar refractivity (Wildman–Crippen MR) is 66.5 cm³/mol. The SMILES string of the molecule is CCn1cc(CC(N)c2cc(C)n(C)n2)cn1. The quantitative estimate of drug-likeness (QED) is 0.862. The summed E-state index contributed by atoms with van der Waals surface area (Å²) in [5.74, 6) is 0. The van der Waals surface area contributed by atoms with Gasteiger partial charge >= 0.3 is 0 Å². The fourth-order valence-electron chi connectivity index (χ4n) is 1.81. The van der Waals surface area contributed by atoms with Gasteiger partial charge in [0.25, 0.3) is 0 Å². The molecular formula is C12H19N5. The van der Waals surface area contributed by atoms with Crippen LogP contribution in [0.3, 0.4) is 0 Å². The van der Waals surface area contributed by atoms with Gasteiger partial charge in [0.05, 0.1) is 17.9 Å². The number of nitrogens with zero attached hydrogens (tertiary/aromatic N) is 4. The van der Waals surface area contributed by atoms with E-state index in [-0.39, 0.29) is 6.04 Å². The van der Waals surface area contributed by atoms with Crippen LogP contribution in [0.4, 0.5) is 0 Å². The molecule has 0 saturated heterocycles.